The lowest BCUT2D eigenvalue weighted by molar-refractivity contribution is 0.0700. The molecule has 2 saturated carbocycles. The Morgan fingerprint density at radius 3 is 2.52 bits per heavy atom. The molecule has 3 fully saturated rings. The summed E-state index contributed by atoms with van der Waals surface area (Å²) in [6.45, 7) is 1.39. The Morgan fingerprint density at radius 2 is 1.84 bits per heavy atom. The summed E-state index contributed by atoms with van der Waals surface area (Å²) in [5.74, 6) is 2.05. The number of fused-ring (bicyclic) bond motifs is 4. The molecule has 4 aromatic heterocycles. The lowest BCUT2D eigenvalue weighted by Crippen LogP contribution is -2.41. The lowest BCUT2D eigenvalue weighted by Gasteiger charge is -2.27. The molecule has 5 heterocycles. The van der Waals surface area contributed by atoms with Gasteiger partial charge in [0.15, 0.2) is 10.9 Å². The highest BCUT2D eigenvalue weighted by atomic mass is 32.2. The van der Waals surface area contributed by atoms with Crippen LogP contribution in [0.3, 0.4) is 0 Å². The average Bonchev–Trinajstić information content (AvgIpc) is 3.44. The van der Waals surface area contributed by atoms with Gasteiger partial charge in [0.2, 0.25) is 9.84 Å². The van der Waals surface area contributed by atoms with Crippen LogP contribution in [0.5, 0.6) is 5.75 Å². The summed E-state index contributed by atoms with van der Waals surface area (Å²) >= 11 is 0. The van der Waals surface area contributed by atoms with Gasteiger partial charge in [-0.3, -0.25) is 9.78 Å². The van der Waals surface area contributed by atoms with E-state index in [-0.39, 0.29) is 27.9 Å². The summed E-state index contributed by atoms with van der Waals surface area (Å²) < 4.78 is 36.7. The Hall–Kier alpha value is -4.29. The minimum absolute atomic E-state index is 0.0111. The van der Waals surface area contributed by atoms with Crippen molar-refractivity contribution in [2.45, 2.75) is 54.2 Å². The first-order valence-electron chi connectivity index (χ1n) is 15.0. The van der Waals surface area contributed by atoms with E-state index in [1.165, 1.54) is 24.5 Å². The fourth-order valence-electron chi connectivity index (χ4n) is 7.09. The number of methoxy groups -OCH3 is 1. The second kappa shape index (κ2) is 9.86. The van der Waals surface area contributed by atoms with Crippen molar-refractivity contribution in [2.24, 2.45) is 24.6 Å². The van der Waals surface area contributed by atoms with Crippen molar-refractivity contribution in [2.75, 3.05) is 13.7 Å². The van der Waals surface area contributed by atoms with E-state index in [1.807, 2.05) is 28.6 Å². The van der Waals surface area contributed by atoms with Crippen LogP contribution in [0.15, 0.2) is 64.8 Å². The number of aryl methyl sites for hydroxylation is 1. The molecule has 2 bridgehead atoms. The molecule has 1 aliphatic heterocycles. The topological polar surface area (TPSA) is 138 Å². The van der Waals surface area contributed by atoms with Crippen LogP contribution >= 0.6 is 0 Å². The lowest BCUT2D eigenvalue weighted by atomic mass is 10.1. The molecule has 44 heavy (non-hydrogen) atoms. The second-order valence-electron chi connectivity index (χ2n) is 12.3. The Bertz CT molecular complexity index is 2070. The highest BCUT2D eigenvalue weighted by Crippen LogP contribution is 2.40. The molecular weight excluding hydrogens is 578 g/mol. The highest BCUT2D eigenvalue weighted by molar-refractivity contribution is 7.91. The van der Waals surface area contributed by atoms with Crippen molar-refractivity contribution in [1.29, 1.82) is 0 Å². The Labute approximate surface area is 254 Å². The van der Waals surface area contributed by atoms with E-state index in [0.29, 0.717) is 53.2 Å². The zero-order valence-corrected chi connectivity index (χ0v) is 25.4. The number of aromatic nitrogens is 5. The molecule has 1 saturated heterocycles. The van der Waals surface area contributed by atoms with Gasteiger partial charge in [-0.1, -0.05) is 0 Å². The summed E-state index contributed by atoms with van der Waals surface area (Å²) in [7, 11) is -0.297. The SMILES string of the molecule is COc1cc(C(=O)N2CC3CCC2[C@@H]3N)cc2nc(-c3cc4ccc(S(=O)(=O)c5ccncc5)nc4n3CC3CC3)n(C)c12. The van der Waals surface area contributed by atoms with Gasteiger partial charge >= 0.3 is 0 Å². The van der Waals surface area contributed by atoms with E-state index in [4.69, 9.17) is 20.4 Å². The number of carbonyl (C=O) groups excluding carboxylic acids is 1. The number of amides is 1. The third kappa shape index (κ3) is 4.15. The molecule has 8 rings (SSSR count). The van der Waals surface area contributed by atoms with E-state index in [9.17, 15) is 13.2 Å². The number of sulfone groups is 1. The molecule has 226 valence electrons. The van der Waals surface area contributed by atoms with Crippen LogP contribution < -0.4 is 10.5 Å². The fourth-order valence-corrected chi connectivity index (χ4v) is 8.27. The predicted octanol–water partition coefficient (Wildman–Crippen LogP) is 3.80. The standard InChI is InChI=1S/C32H33N7O4S/c1-37-29-23(13-21(15-26(29)43-2)32(40)39-17-20-5-7-24(39)28(20)33)35-31(37)25-14-19-6-8-27(36-30(19)38(25)16-18-3-4-18)44(41,42)22-9-11-34-12-10-22/h6,8-15,18,20,24,28H,3-5,7,16-17,33H2,1-2H3/t20?,24?,28-/m1/s1. The van der Waals surface area contributed by atoms with Gasteiger partial charge in [0.1, 0.15) is 16.9 Å². The van der Waals surface area contributed by atoms with Crippen molar-refractivity contribution in [3.05, 3.63) is 60.4 Å². The van der Waals surface area contributed by atoms with Crippen molar-refractivity contribution >= 4 is 37.8 Å². The molecule has 11 nitrogen and oxygen atoms in total. The van der Waals surface area contributed by atoms with E-state index < -0.39 is 9.84 Å². The van der Waals surface area contributed by atoms with E-state index in [1.54, 1.807) is 25.3 Å². The molecule has 2 N–H and O–H groups in total. The average molecular weight is 612 g/mol. The molecule has 0 radical (unpaired) electrons. The van der Waals surface area contributed by atoms with Gasteiger partial charge < -0.3 is 24.5 Å². The quantitative estimate of drug-likeness (QED) is 0.293. The molecule has 1 aromatic carbocycles. The number of rotatable bonds is 7. The molecule has 0 spiro atoms. The van der Waals surface area contributed by atoms with Crippen LogP contribution in [-0.4, -0.2) is 69.0 Å². The maximum atomic E-state index is 13.7. The van der Waals surface area contributed by atoms with Gasteiger partial charge in [-0.15, -0.1) is 0 Å². The number of imidazole rings is 1. The number of hydrogen-bond acceptors (Lipinski definition) is 8. The molecule has 5 aromatic rings. The number of pyridine rings is 2. The first-order chi connectivity index (χ1) is 21.2. The van der Waals surface area contributed by atoms with E-state index in [2.05, 4.69) is 9.55 Å². The summed E-state index contributed by atoms with van der Waals surface area (Å²) in [5.41, 5.74) is 9.77. The minimum atomic E-state index is -3.83. The van der Waals surface area contributed by atoms with Crippen LogP contribution in [0.1, 0.15) is 36.0 Å². The second-order valence-corrected chi connectivity index (χ2v) is 14.2. The number of piperidine rings is 1. The number of nitrogens with zero attached hydrogens (tertiary/aromatic N) is 6. The summed E-state index contributed by atoms with van der Waals surface area (Å²) in [5, 5.41) is 0.813. The summed E-state index contributed by atoms with van der Waals surface area (Å²) in [6.07, 6.45) is 7.15. The molecule has 2 unspecified atom stereocenters. The number of ether oxygens (including phenoxy) is 1. The predicted molar refractivity (Wildman–Crippen MR) is 164 cm³/mol. The highest BCUT2D eigenvalue weighted by Gasteiger charge is 2.47. The molecule has 12 heteroatoms. The Balaban J connectivity index is 1.25. The van der Waals surface area contributed by atoms with Crippen LogP contribution in [-0.2, 0) is 23.4 Å². The van der Waals surface area contributed by atoms with Crippen LogP contribution in [0, 0.1) is 11.8 Å². The van der Waals surface area contributed by atoms with Gasteiger partial charge in [0.25, 0.3) is 5.91 Å². The van der Waals surface area contributed by atoms with Crippen LogP contribution in [0.25, 0.3) is 33.6 Å². The smallest absolute Gasteiger partial charge is 0.254 e. The van der Waals surface area contributed by atoms with Gasteiger partial charge in [-0.05, 0) is 80.0 Å². The van der Waals surface area contributed by atoms with Gasteiger partial charge in [-0.25, -0.2) is 18.4 Å². The molecule has 3 atom stereocenters. The third-order valence-electron chi connectivity index (χ3n) is 9.64. The minimum Gasteiger partial charge on any atom is -0.494 e. The zero-order chi connectivity index (χ0) is 30.3. The fraction of sp³-hybridized carbons (Fsp3) is 0.375. The number of hydrogen-bond donors (Lipinski definition) is 1. The van der Waals surface area contributed by atoms with Crippen LogP contribution in [0.4, 0.5) is 0 Å². The maximum absolute atomic E-state index is 13.7. The third-order valence-corrected chi connectivity index (χ3v) is 11.3. The number of benzene rings is 1. The number of carbonyl (C=O) groups is 1. The molecule has 2 aliphatic carbocycles. The number of likely N-dealkylation sites (tertiary alicyclic amines) is 1. The Morgan fingerprint density at radius 1 is 1.05 bits per heavy atom. The zero-order valence-electron chi connectivity index (χ0n) is 24.6. The first kappa shape index (κ1) is 27.3. The maximum Gasteiger partial charge on any atom is 0.254 e. The van der Waals surface area contributed by atoms with Crippen molar-refractivity contribution < 1.29 is 17.9 Å². The van der Waals surface area contributed by atoms with Gasteiger partial charge in [0.05, 0.1) is 23.2 Å². The van der Waals surface area contributed by atoms with Crippen molar-refractivity contribution in [1.82, 2.24) is 29.0 Å². The van der Waals surface area contributed by atoms with Crippen LogP contribution in [0.2, 0.25) is 0 Å². The molecular formula is C32H33N7O4S. The molecule has 3 aliphatic rings. The largest absolute Gasteiger partial charge is 0.494 e. The van der Waals surface area contributed by atoms with Gasteiger partial charge in [-0.2, -0.15) is 0 Å². The molecule has 1 amide bonds. The summed E-state index contributed by atoms with van der Waals surface area (Å²) in [4.78, 5) is 29.4. The normalized spacial score (nSPS) is 21.5. The summed E-state index contributed by atoms with van der Waals surface area (Å²) in [6, 6.07) is 12.1. The first-order valence-corrected chi connectivity index (χ1v) is 16.5. The van der Waals surface area contributed by atoms with Gasteiger partial charge in [0, 0.05) is 55.6 Å². The number of nitrogens with two attached hydrogens (primary N) is 1. The van der Waals surface area contributed by atoms with E-state index >= 15 is 0 Å². The monoisotopic (exact) mass is 611 g/mol. The van der Waals surface area contributed by atoms with Crippen molar-refractivity contribution in [3.8, 4) is 17.3 Å². The Kier molecular flexibility index (Phi) is 6.11. The van der Waals surface area contributed by atoms with E-state index in [0.717, 1.165) is 42.3 Å². The van der Waals surface area contributed by atoms with Crippen molar-refractivity contribution in [3.63, 3.8) is 0 Å².